The molecule has 2 aromatic heterocycles. The number of hydrogen-bond donors (Lipinski definition) is 3. The van der Waals surface area contributed by atoms with Gasteiger partial charge in [0.1, 0.15) is 0 Å². The van der Waals surface area contributed by atoms with E-state index in [1.54, 1.807) is 24.3 Å². The van der Waals surface area contributed by atoms with E-state index in [0.717, 1.165) is 11.1 Å². The summed E-state index contributed by atoms with van der Waals surface area (Å²) in [7, 11) is 0. The third-order valence-corrected chi connectivity index (χ3v) is 4.80. The SMILES string of the molecule is NCc1cccc(-c2cn3cccc3c(C(=O)Nc3ccccc3CC(=O)O)n2)c1. The molecular formula is C23H20N4O3. The summed E-state index contributed by atoms with van der Waals surface area (Å²) in [4.78, 5) is 28.9. The highest BCUT2D eigenvalue weighted by Crippen LogP contribution is 2.23. The van der Waals surface area contributed by atoms with Crippen molar-refractivity contribution in [3.05, 3.63) is 89.9 Å². The molecule has 2 heterocycles. The van der Waals surface area contributed by atoms with Crippen molar-refractivity contribution in [1.29, 1.82) is 0 Å². The van der Waals surface area contributed by atoms with Gasteiger partial charge in [-0.15, -0.1) is 0 Å². The predicted molar refractivity (Wildman–Crippen MR) is 114 cm³/mol. The number of carbonyl (C=O) groups excluding carboxylic acids is 1. The minimum Gasteiger partial charge on any atom is -0.481 e. The number of hydrogen-bond acceptors (Lipinski definition) is 4. The molecule has 0 unspecified atom stereocenters. The van der Waals surface area contributed by atoms with Crippen molar-refractivity contribution in [1.82, 2.24) is 9.38 Å². The number of benzene rings is 2. The number of rotatable bonds is 6. The van der Waals surface area contributed by atoms with E-state index >= 15 is 0 Å². The van der Waals surface area contributed by atoms with Gasteiger partial charge in [-0.2, -0.15) is 0 Å². The van der Waals surface area contributed by atoms with Crippen LogP contribution in [0.5, 0.6) is 0 Å². The summed E-state index contributed by atoms with van der Waals surface area (Å²) in [5.41, 5.74) is 10.1. The molecule has 0 radical (unpaired) electrons. The lowest BCUT2D eigenvalue weighted by molar-refractivity contribution is -0.136. The van der Waals surface area contributed by atoms with Gasteiger partial charge in [-0.3, -0.25) is 9.59 Å². The molecule has 30 heavy (non-hydrogen) atoms. The average Bonchev–Trinajstić information content (AvgIpc) is 3.23. The summed E-state index contributed by atoms with van der Waals surface area (Å²) in [6.45, 7) is 0.410. The zero-order valence-electron chi connectivity index (χ0n) is 16.1. The Morgan fingerprint density at radius 3 is 2.70 bits per heavy atom. The van der Waals surface area contributed by atoms with E-state index in [1.165, 1.54) is 0 Å². The number of carboxylic acid groups (broad SMARTS) is 1. The number of aromatic nitrogens is 2. The molecule has 0 fully saturated rings. The summed E-state index contributed by atoms with van der Waals surface area (Å²) in [6.07, 6.45) is 3.53. The lowest BCUT2D eigenvalue weighted by atomic mass is 10.1. The summed E-state index contributed by atoms with van der Waals surface area (Å²) >= 11 is 0. The zero-order chi connectivity index (χ0) is 21.1. The number of anilines is 1. The van der Waals surface area contributed by atoms with Crippen LogP contribution in [0.3, 0.4) is 0 Å². The Balaban J connectivity index is 1.74. The van der Waals surface area contributed by atoms with E-state index in [9.17, 15) is 9.59 Å². The van der Waals surface area contributed by atoms with Crippen LogP contribution in [-0.4, -0.2) is 26.4 Å². The van der Waals surface area contributed by atoms with Crippen LogP contribution in [0.25, 0.3) is 16.8 Å². The van der Waals surface area contributed by atoms with E-state index in [-0.39, 0.29) is 12.1 Å². The van der Waals surface area contributed by atoms with Gasteiger partial charge in [0, 0.05) is 30.2 Å². The van der Waals surface area contributed by atoms with Gasteiger partial charge >= 0.3 is 5.97 Å². The smallest absolute Gasteiger partial charge is 0.307 e. The van der Waals surface area contributed by atoms with E-state index in [2.05, 4.69) is 10.3 Å². The average molecular weight is 400 g/mol. The number of nitrogens with zero attached hydrogens (tertiary/aromatic N) is 2. The maximum atomic E-state index is 13.1. The molecule has 150 valence electrons. The lowest BCUT2D eigenvalue weighted by Gasteiger charge is -2.12. The second kappa shape index (κ2) is 8.18. The largest absolute Gasteiger partial charge is 0.481 e. The van der Waals surface area contributed by atoms with E-state index in [0.29, 0.717) is 29.0 Å². The highest BCUT2D eigenvalue weighted by atomic mass is 16.4. The Labute approximate surface area is 172 Å². The lowest BCUT2D eigenvalue weighted by Crippen LogP contribution is -2.17. The second-order valence-electron chi connectivity index (χ2n) is 6.86. The molecular weight excluding hydrogens is 380 g/mol. The summed E-state index contributed by atoms with van der Waals surface area (Å²) in [5.74, 6) is -1.38. The van der Waals surface area contributed by atoms with Gasteiger partial charge in [-0.05, 0) is 35.4 Å². The van der Waals surface area contributed by atoms with Crippen LogP contribution >= 0.6 is 0 Å². The number of carbonyl (C=O) groups is 2. The number of fused-ring (bicyclic) bond motifs is 1. The summed E-state index contributed by atoms with van der Waals surface area (Å²) < 4.78 is 1.84. The Kier molecular flexibility index (Phi) is 5.28. The highest BCUT2D eigenvalue weighted by molar-refractivity contribution is 6.08. The summed E-state index contributed by atoms with van der Waals surface area (Å²) in [6, 6.07) is 18.2. The third kappa shape index (κ3) is 3.92. The van der Waals surface area contributed by atoms with E-state index < -0.39 is 11.9 Å². The van der Waals surface area contributed by atoms with Crippen molar-refractivity contribution in [3.8, 4) is 11.3 Å². The molecule has 2 aromatic carbocycles. The number of nitrogens with two attached hydrogens (primary N) is 1. The first-order valence-electron chi connectivity index (χ1n) is 9.43. The number of nitrogens with one attached hydrogen (secondary N) is 1. The normalized spacial score (nSPS) is 10.8. The predicted octanol–water partition coefficient (Wildman–Crippen LogP) is 3.34. The van der Waals surface area contributed by atoms with E-state index in [1.807, 2.05) is 53.2 Å². The van der Waals surface area contributed by atoms with Crippen LogP contribution in [0, 0.1) is 0 Å². The van der Waals surface area contributed by atoms with Gasteiger partial charge in [0.2, 0.25) is 0 Å². The minimum absolute atomic E-state index is 0.184. The first-order chi connectivity index (χ1) is 14.5. The van der Waals surface area contributed by atoms with Crippen LogP contribution in [-0.2, 0) is 17.8 Å². The Morgan fingerprint density at radius 1 is 1.07 bits per heavy atom. The maximum Gasteiger partial charge on any atom is 0.307 e. The van der Waals surface area contributed by atoms with Crippen LogP contribution < -0.4 is 11.1 Å². The zero-order valence-corrected chi connectivity index (χ0v) is 16.1. The molecule has 0 saturated carbocycles. The molecule has 7 heteroatoms. The van der Waals surface area contributed by atoms with Crippen molar-refractivity contribution in [2.24, 2.45) is 5.73 Å². The molecule has 4 N–H and O–H groups in total. The molecule has 0 aliphatic carbocycles. The van der Waals surface area contributed by atoms with Gasteiger partial charge in [0.15, 0.2) is 5.69 Å². The second-order valence-corrected chi connectivity index (χ2v) is 6.86. The Hall–Kier alpha value is -3.97. The summed E-state index contributed by atoms with van der Waals surface area (Å²) in [5, 5.41) is 11.9. The topological polar surface area (TPSA) is 110 Å². The van der Waals surface area contributed by atoms with Gasteiger partial charge in [-0.1, -0.05) is 36.4 Å². The minimum atomic E-state index is -0.967. The van der Waals surface area contributed by atoms with Crippen molar-refractivity contribution in [2.75, 3.05) is 5.32 Å². The van der Waals surface area contributed by atoms with Crippen molar-refractivity contribution in [3.63, 3.8) is 0 Å². The number of para-hydroxylation sites is 1. The van der Waals surface area contributed by atoms with Crippen molar-refractivity contribution in [2.45, 2.75) is 13.0 Å². The molecule has 0 aliphatic heterocycles. The fraction of sp³-hybridized carbons (Fsp3) is 0.0870. The number of aliphatic carboxylic acids is 1. The van der Waals surface area contributed by atoms with Crippen LogP contribution in [0.2, 0.25) is 0 Å². The van der Waals surface area contributed by atoms with Crippen molar-refractivity contribution < 1.29 is 14.7 Å². The molecule has 1 amide bonds. The molecule has 4 rings (SSSR count). The van der Waals surface area contributed by atoms with Gasteiger partial charge < -0.3 is 20.6 Å². The number of carboxylic acids is 1. The van der Waals surface area contributed by atoms with Gasteiger partial charge in [0.05, 0.1) is 17.6 Å². The van der Waals surface area contributed by atoms with Crippen LogP contribution in [0.4, 0.5) is 5.69 Å². The van der Waals surface area contributed by atoms with Gasteiger partial charge in [-0.25, -0.2) is 4.98 Å². The molecule has 0 atom stereocenters. The fourth-order valence-electron chi connectivity index (χ4n) is 3.35. The van der Waals surface area contributed by atoms with Crippen molar-refractivity contribution >= 4 is 23.1 Å². The number of amides is 1. The Bertz CT molecular complexity index is 1250. The monoisotopic (exact) mass is 400 g/mol. The van der Waals surface area contributed by atoms with Crippen LogP contribution in [0.15, 0.2) is 73.1 Å². The van der Waals surface area contributed by atoms with Crippen LogP contribution in [0.1, 0.15) is 21.6 Å². The standard InChI is InChI=1S/C23H20N4O3/c24-13-15-5-3-7-16(11-15)19-14-27-10-4-9-20(27)22(25-19)23(30)26-18-8-2-1-6-17(18)12-21(28)29/h1-11,14H,12-13,24H2,(H,26,30)(H,28,29). The molecule has 0 spiro atoms. The Morgan fingerprint density at radius 2 is 1.90 bits per heavy atom. The molecule has 0 saturated heterocycles. The molecule has 7 nitrogen and oxygen atoms in total. The molecule has 0 aliphatic rings. The first kappa shape index (κ1) is 19.4. The first-order valence-corrected chi connectivity index (χ1v) is 9.43. The van der Waals surface area contributed by atoms with Gasteiger partial charge in [0.25, 0.3) is 5.91 Å². The van der Waals surface area contributed by atoms with E-state index in [4.69, 9.17) is 10.8 Å². The molecule has 4 aromatic rings. The fourth-order valence-corrected chi connectivity index (χ4v) is 3.35. The third-order valence-electron chi connectivity index (χ3n) is 4.80. The molecule has 0 bridgehead atoms. The quantitative estimate of drug-likeness (QED) is 0.460. The maximum absolute atomic E-state index is 13.1. The highest BCUT2D eigenvalue weighted by Gasteiger charge is 2.17.